The zero-order valence-corrected chi connectivity index (χ0v) is 15.2. The Morgan fingerprint density at radius 1 is 1.04 bits per heavy atom. The lowest BCUT2D eigenvalue weighted by molar-refractivity contribution is 0.0805. The summed E-state index contributed by atoms with van der Waals surface area (Å²) in [6.45, 7) is 2.03. The lowest BCUT2D eigenvalue weighted by atomic mass is 9.80. The normalized spacial score (nSPS) is 24.9. The molecule has 0 bridgehead atoms. The Balaban J connectivity index is 1.33. The van der Waals surface area contributed by atoms with Crippen molar-refractivity contribution in [2.45, 2.75) is 64.0 Å². The van der Waals surface area contributed by atoms with Gasteiger partial charge in [-0.2, -0.15) is 0 Å². The summed E-state index contributed by atoms with van der Waals surface area (Å²) < 4.78 is 5.44. The van der Waals surface area contributed by atoms with Crippen molar-refractivity contribution in [2.24, 2.45) is 17.6 Å². The van der Waals surface area contributed by atoms with Crippen molar-refractivity contribution >= 4 is 6.09 Å². The van der Waals surface area contributed by atoms with Gasteiger partial charge in [0.05, 0.1) is 0 Å². The molecule has 0 aromatic heterocycles. The van der Waals surface area contributed by atoms with E-state index in [0.29, 0.717) is 12.6 Å². The van der Waals surface area contributed by atoms with Crippen LogP contribution in [0.4, 0.5) is 4.79 Å². The predicted octanol–water partition coefficient (Wildman–Crippen LogP) is 4.33. The molecule has 4 heteroatoms. The minimum atomic E-state index is -0.166. The van der Waals surface area contributed by atoms with Crippen LogP contribution in [-0.2, 0) is 11.3 Å². The fraction of sp³-hybridized carbons (Fsp3) is 0.667. The molecule has 1 saturated carbocycles. The van der Waals surface area contributed by atoms with Crippen molar-refractivity contribution in [1.82, 2.24) is 4.90 Å². The van der Waals surface area contributed by atoms with Crippen molar-refractivity contribution in [3.05, 3.63) is 35.9 Å². The lowest BCUT2D eigenvalue weighted by Gasteiger charge is -2.33. The van der Waals surface area contributed by atoms with Crippen LogP contribution in [0.2, 0.25) is 0 Å². The minimum absolute atomic E-state index is 0.166. The maximum Gasteiger partial charge on any atom is 0.410 e. The highest BCUT2D eigenvalue weighted by Crippen LogP contribution is 2.31. The molecule has 0 unspecified atom stereocenters. The standard InChI is InChI=1S/C21H32N2O2/c22-20-8-4-7-18(15-20)10-9-17-11-13-23(14-12-17)21(24)25-16-19-5-2-1-3-6-19/h1-3,5-6,17-18,20H,4,7-16,22H2/t18-,20-/m1/s1. The van der Waals surface area contributed by atoms with Crippen LogP contribution < -0.4 is 5.73 Å². The molecular formula is C21H32N2O2. The summed E-state index contributed by atoms with van der Waals surface area (Å²) in [5.41, 5.74) is 7.14. The van der Waals surface area contributed by atoms with Crippen LogP contribution in [-0.4, -0.2) is 30.1 Å². The van der Waals surface area contributed by atoms with Gasteiger partial charge < -0.3 is 15.4 Å². The molecule has 2 N–H and O–H groups in total. The number of carbonyl (C=O) groups is 1. The third kappa shape index (κ3) is 5.74. The molecular weight excluding hydrogens is 312 g/mol. The summed E-state index contributed by atoms with van der Waals surface area (Å²) in [4.78, 5) is 14.1. The average molecular weight is 344 g/mol. The van der Waals surface area contributed by atoms with E-state index in [2.05, 4.69) is 0 Å². The molecule has 1 aliphatic carbocycles. The van der Waals surface area contributed by atoms with Crippen LogP contribution >= 0.6 is 0 Å². The lowest BCUT2D eigenvalue weighted by Crippen LogP contribution is -2.39. The van der Waals surface area contributed by atoms with Gasteiger partial charge in [0, 0.05) is 19.1 Å². The molecule has 0 radical (unpaired) electrons. The maximum atomic E-state index is 12.2. The largest absolute Gasteiger partial charge is 0.445 e. The molecule has 3 rings (SSSR count). The third-order valence-electron chi connectivity index (χ3n) is 5.88. The molecule has 1 aliphatic heterocycles. The number of carbonyl (C=O) groups excluding carboxylic acids is 1. The Labute approximate surface area is 151 Å². The topological polar surface area (TPSA) is 55.6 Å². The van der Waals surface area contributed by atoms with Crippen LogP contribution in [0.1, 0.15) is 56.9 Å². The number of hydrogen-bond acceptors (Lipinski definition) is 3. The van der Waals surface area contributed by atoms with E-state index in [1.54, 1.807) is 0 Å². The quantitative estimate of drug-likeness (QED) is 0.865. The number of likely N-dealkylation sites (tertiary alicyclic amines) is 1. The van der Waals surface area contributed by atoms with E-state index in [4.69, 9.17) is 10.5 Å². The van der Waals surface area contributed by atoms with Gasteiger partial charge in [-0.3, -0.25) is 0 Å². The second-order valence-electron chi connectivity index (χ2n) is 7.84. The van der Waals surface area contributed by atoms with Gasteiger partial charge in [-0.15, -0.1) is 0 Å². The summed E-state index contributed by atoms with van der Waals surface area (Å²) in [7, 11) is 0. The Hall–Kier alpha value is -1.55. The number of nitrogens with two attached hydrogens (primary N) is 1. The molecule has 4 nitrogen and oxygen atoms in total. The van der Waals surface area contributed by atoms with Gasteiger partial charge in [0.25, 0.3) is 0 Å². The molecule has 1 heterocycles. The van der Waals surface area contributed by atoms with E-state index in [1.807, 2.05) is 35.2 Å². The van der Waals surface area contributed by atoms with E-state index < -0.39 is 0 Å². The summed E-state index contributed by atoms with van der Waals surface area (Å²) in [6, 6.07) is 10.3. The Kier molecular flexibility index (Phi) is 6.74. The Bertz CT molecular complexity index is 526. The molecule has 2 fully saturated rings. The Morgan fingerprint density at radius 2 is 1.76 bits per heavy atom. The van der Waals surface area contributed by atoms with Crippen molar-refractivity contribution < 1.29 is 9.53 Å². The monoisotopic (exact) mass is 344 g/mol. The number of nitrogens with zero attached hydrogens (tertiary/aromatic N) is 1. The zero-order valence-electron chi connectivity index (χ0n) is 15.2. The zero-order chi connectivity index (χ0) is 17.5. The first-order chi connectivity index (χ1) is 12.2. The van der Waals surface area contributed by atoms with Gasteiger partial charge in [-0.1, -0.05) is 56.0 Å². The third-order valence-corrected chi connectivity index (χ3v) is 5.88. The number of benzene rings is 1. The van der Waals surface area contributed by atoms with Crippen molar-refractivity contribution in [3.63, 3.8) is 0 Å². The maximum absolute atomic E-state index is 12.2. The molecule has 1 aromatic rings. The number of amides is 1. The van der Waals surface area contributed by atoms with Gasteiger partial charge in [0.15, 0.2) is 0 Å². The second-order valence-corrected chi connectivity index (χ2v) is 7.84. The highest BCUT2D eigenvalue weighted by Gasteiger charge is 2.25. The number of piperidine rings is 1. The summed E-state index contributed by atoms with van der Waals surface area (Å²) >= 11 is 0. The van der Waals surface area contributed by atoms with Gasteiger partial charge in [-0.05, 0) is 43.1 Å². The van der Waals surface area contributed by atoms with Crippen LogP contribution in [0.5, 0.6) is 0 Å². The highest BCUT2D eigenvalue weighted by atomic mass is 16.6. The summed E-state index contributed by atoms with van der Waals surface area (Å²) in [5, 5.41) is 0. The van der Waals surface area contributed by atoms with Crippen molar-refractivity contribution in [2.75, 3.05) is 13.1 Å². The molecule has 1 aromatic carbocycles. The van der Waals surface area contributed by atoms with E-state index in [0.717, 1.165) is 43.3 Å². The second kappa shape index (κ2) is 9.23. The van der Waals surface area contributed by atoms with Gasteiger partial charge in [0.1, 0.15) is 6.61 Å². The minimum Gasteiger partial charge on any atom is -0.445 e. The summed E-state index contributed by atoms with van der Waals surface area (Å²) in [6.07, 6.45) is 9.75. The molecule has 25 heavy (non-hydrogen) atoms. The predicted molar refractivity (Wildman–Crippen MR) is 100 cm³/mol. The number of rotatable bonds is 5. The van der Waals surface area contributed by atoms with E-state index in [9.17, 15) is 4.79 Å². The molecule has 2 atom stereocenters. The molecule has 1 amide bonds. The van der Waals surface area contributed by atoms with Gasteiger partial charge in [-0.25, -0.2) is 4.79 Å². The smallest absolute Gasteiger partial charge is 0.410 e. The first-order valence-corrected chi connectivity index (χ1v) is 9.92. The SMILES string of the molecule is N[C@@H]1CCC[C@H](CCC2CCN(C(=O)OCc3ccccc3)CC2)C1. The van der Waals surface area contributed by atoms with Crippen LogP contribution in [0.25, 0.3) is 0 Å². The molecule has 0 spiro atoms. The first-order valence-electron chi connectivity index (χ1n) is 9.92. The highest BCUT2D eigenvalue weighted by molar-refractivity contribution is 5.67. The number of ether oxygens (including phenoxy) is 1. The molecule has 138 valence electrons. The van der Waals surface area contributed by atoms with Crippen LogP contribution in [0.15, 0.2) is 30.3 Å². The van der Waals surface area contributed by atoms with Gasteiger partial charge >= 0.3 is 6.09 Å². The van der Waals surface area contributed by atoms with Crippen LogP contribution in [0.3, 0.4) is 0 Å². The molecule has 2 aliphatic rings. The van der Waals surface area contributed by atoms with Crippen molar-refractivity contribution in [3.8, 4) is 0 Å². The average Bonchev–Trinajstić information content (AvgIpc) is 2.66. The molecule has 1 saturated heterocycles. The first kappa shape index (κ1) is 18.2. The van der Waals surface area contributed by atoms with E-state index >= 15 is 0 Å². The van der Waals surface area contributed by atoms with E-state index in [-0.39, 0.29) is 6.09 Å². The fourth-order valence-corrected chi connectivity index (χ4v) is 4.28. The van der Waals surface area contributed by atoms with Crippen LogP contribution in [0, 0.1) is 11.8 Å². The Morgan fingerprint density at radius 3 is 2.48 bits per heavy atom. The fourth-order valence-electron chi connectivity index (χ4n) is 4.28. The van der Waals surface area contributed by atoms with Crippen molar-refractivity contribution in [1.29, 1.82) is 0 Å². The van der Waals surface area contributed by atoms with E-state index in [1.165, 1.54) is 38.5 Å². The summed E-state index contributed by atoms with van der Waals surface area (Å²) in [5.74, 6) is 1.59. The van der Waals surface area contributed by atoms with Gasteiger partial charge in [0.2, 0.25) is 0 Å². The number of hydrogen-bond donors (Lipinski definition) is 1.